The Bertz CT molecular complexity index is 1160. The lowest BCUT2D eigenvalue weighted by molar-refractivity contribution is -0.385. The molecule has 1 fully saturated rings. The van der Waals surface area contributed by atoms with Crippen LogP contribution in [0.25, 0.3) is 0 Å². The molecule has 0 radical (unpaired) electrons. The molecule has 15 heteroatoms. The standard InChI is InChI=1S/C17H14F2N4O9/c18-17(19)13(25)11(5-24)32-15(17)22-2-1-12(21-16(22)27)20-14(26)7-3-9-10(31-6-30-9)4-8(7)23(28)29/h1-4,11,13,15,24-25H,5-6H2,(H,20,21,26,27)/t11-,13?,15-/m1/s1. The lowest BCUT2D eigenvalue weighted by Crippen LogP contribution is -2.41. The molecule has 1 aromatic heterocycles. The van der Waals surface area contributed by atoms with Gasteiger partial charge in [0.2, 0.25) is 13.0 Å². The van der Waals surface area contributed by atoms with Crippen LogP contribution < -0.4 is 20.5 Å². The molecule has 0 bridgehead atoms. The molecule has 3 N–H and O–H groups in total. The van der Waals surface area contributed by atoms with E-state index in [0.29, 0.717) is 4.57 Å². The molecule has 3 heterocycles. The number of alkyl halides is 2. The van der Waals surface area contributed by atoms with E-state index in [0.717, 1.165) is 24.4 Å². The number of fused-ring (bicyclic) bond motifs is 1. The van der Waals surface area contributed by atoms with Gasteiger partial charge in [-0.3, -0.25) is 19.5 Å². The molecule has 2 aromatic rings. The van der Waals surface area contributed by atoms with Crippen molar-refractivity contribution in [1.29, 1.82) is 0 Å². The number of nitrogens with zero attached hydrogens (tertiary/aromatic N) is 3. The fourth-order valence-electron chi connectivity index (χ4n) is 3.23. The summed E-state index contributed by atoms with van der Waals surface area (Å²) >= 11 is 0. The fourth-order valence-corrected chi connectivity index (χ4v) is 3.23. The highest BCUT2D eigenvalue weighted by Gasteiger charge is 2.59. The van der Waals surface area contributed by atoms with Crippen molar-refractivity contribution >= 4 is 17.4 Å². The third-order valence-corrected chi connectivity index (χ3v) is 4.82. The van der Waals surface area contributed by atoms with E-state index in [4.69, 9.17) is 19.3 Å². The minimum absolute atomic E-state index is 0.0786. The van der Waals surface area contributed by atoms with E-state index in [1.54, 1.807) is 0 Å². The van der Waals surface area contributed by atoms with Gasteiger partial charge in [-0.25, -0.2) is 4.79 Å². The predicted octanol–water partition coefficient (Wildman–Crippen LogP) is 0.0184. The summed E-state index contributed by atoms with van der Waals surface area (Å²) in [7, 11) is 0. The van der Waals surface area contributed by atoms with Crippen LogP contribution in [0.2, 0.25) is 0 Å². The van der Waals surface area contributed by atoms with Gasteiger partial charge in [-0.1, -0.05) is 0 Å². The molecule has 0 aliphatic carbocycles. The number of amides is 1. The molecule has 1 amide bonds. The number of rotatable bonds is 5. The zero-order chi connectivity index (χ0) is 23.2. The molecular formula is C17H14F2N4O9. The average Bonchev–Trinajstić information content (AvgIpc) is 3.29. The first-order valence-corrected chi connectivity index (χ1v) is 8.94. The Morgan fingerprint density at radius 3 is 2.66 bits per heavy atom. The molecule has 2 aliphatic rings. The average molecular weight is 456 g/mol. The number of nitro groups is 1. The fraction of sp³-hybridized carbons (Fsp3) is 0.353. The Hall–Kier alpha value is -3.69. The van der Waals surface area contributed by atoms with Gasteiger partial charge in [0.25, 0.3) is 11.6 Å². The van der Waals surface area contributed by atoms with Gasteiger partial charge >= 0.3 is 11.6 Å². The lowest BCUT2D eigenvalue weighted by atomic mass is 10.1. The number of hydrogen-bond donors (Lipinski definition) is 3. The van der Waals surface area contributed by atoms with Gasteiger partial charge in [0.15, 0.2) is 17.6 Å². The quantitative estimate of drug-likeness (QED) is 0.411. The molecule has 170 valence electrons. The Morgan fingerprint density at radius 2 is 2.06 bits per heavy atom. The van der Waals surface area contributed by atoms with Crippen molar-refractivity contribution in [1.82, 2.24) is 9.55 Å². The number of benzene rings is 1. The highest BCUT2D eigenvalue weighted by atomic mass is 19.3. The molecule has 1 unspecified atom stereocenters. The number of carbonyl (C=O) groups is 1. The van der Waals surface area contributed by atoms with E-state index in [9.17, 15) is 33.6 Å². The normalized spacial score (nSPS) is 23.2. The number of aromatic nitrogens is 2. The maximum absolute atomic E-state index is 14.2. The number of aliphatic hydroxyl groups is 2. The Balaban J connectivity index is 1.60. The SMILES string of the molecule is O=C(Nc1ccn([C@@H]2O[C@H](CO)C(O)C2(F)F)c(=O)n1)c1cc2c(cc1[N+](=O)[O-])OCO2. The smallest absolute Gasteiger partial charge is 0.351 e. The number of carbonyl (C=O) groups excluding carboxylic acids is 1. The van der Waals surface area contributed by atoms with E-state index < -0.39 is 58.7 Å². The van der Waals surface area contributed by atoms with Crippen LogP contribution in [0.3, 0.4) is 0 Å². The van der Waals surface area contributed by atoms with Crippen molar-refractivity contribution in [2.24, 2.45) is 0 Å². The molecule has 3 atom stereocenters. The van der Waals surface area contributed by atoms with Crippen molar-refractivity contribution in [2.45, 2.75) is 24.4 Å². The summed E-state index contributed by atoms with van der Waals surface area (Å²) in [6.45, 7) is -1.09. The molecule has 13 nitrogen and oxygen atoms in total. The summed E-state index contributed by atoms with van der Waals surface area (Å²) in [5.41, 5.74) is -2.27. The monoisotopic (exact) mass is 456 g/mol. The minimum Gasteiger partial charge on any atom is -0.454 e. The van der Waals surface area contributed by atoms with Crippen LogP contribution in [0, 0.1) is 10.1 Å². The Labute approximate surface area is 175 Å². The Morgan fingerprint density at radius 1 is 1.38 bits per heavy atom. The molecule has 0 spiro atoms. The van der Waals surface area contributed by atoms with Crippen LogP contribution in [0.15, 0.2) is 29.2 Å². The van der Waals surface area contributed by atoms with E-state index in [-0.39, 0.29) is 24.1 Å². The first-order valence-electron chi connectivity index (χ1n) is 8.94. The number of anilines is 1. The van der Waals surface area contributed by atoms with Crippen molar-refractivity contribution in [3.63, 3.8) is 0 Å². The van der Waals surface area contributed by atoms with E-state index in [1.807, 2.05) is 0 Å². The number of nitrogens with one attached hydrogen (secondary N) is 1. The third-order valence-electron chi connectivity index (χ3n) is 4.82. The molecule has 2 aliphatic heterocycles. The number of hydrogen-bond acceptors (Lipinski definition) is 10. The van der Waals surface area contributed by atoms with Gasteiger partial charge in [0.1, 0.15) is 17.5 Å². The zero-order valence-electron chi connectivity index (χ0n) is 15.8. The number of aliphatic hydroxyl groups excluding tert-OH is 2. The second-order valence-electron chi connectivity index (χ2n) is 6.77. The van der Waals surface area contributed by atoms with Gasteiger partial charge in [0, 0.05) is 12.3 Å². The van der Waals surface area contributed by atoms with Crippen LogP contribution in [-0.4, -0.2) is 62.1 Å². The summed E-state index contributed by atoms with van der Waals surface area (Å²) in [5.74, 6) is -5.13. The van der Waals surface area contributed by atoms with E-state index in [2.05, 4.69) is 10.3 Å². The van der Waals surface area contributed by atoms with Gasteiger partial charge in [-0.15, -0.1) is 0 Å². The van der Waals surface area contributed by atoms with Crippen molar-refractivity contribution in [3.05, 3.63) is 50.6 Å². The van der Waals surface area contributed by atoms with Crippen molar-refractivity contribution < 1.29 is 42.9 Å². The van der Waals surface area contributed by atoms with Gasteiger partial charge in [-0.05, 0) is 6.07 Å². The maximum Gasteiger partial charge on any atom is 0.351 e. The maximum atomic E-state index is 14.2. The van der Waals surface area contributed by atoms with E-state index in [1.165, 1.54) is 0 Å². The molecule has 0 saturated carbocycles. The van der Waals surface area contributed by atoms with Crippen LogP contribution in [0.5, 0.6) is 11.5 Å². The van der Waals surface area contributed by atoms with Gasteiger partial charge in [-0.2, -0.15) is 13.8 Å². The summed E-state index contributed by atoms with van der Waals surface area (Å²) in [6.07, 6.45) is -5.37. The molecule has 1 aromatic carbocycles. The van der Waals surface area contributed by atoms with Crippen molar-refractivity contribution in [3.8, 4) is 11.5 Å². The molecular weight excluding hydrogens is 442 g/mol. The number of ether oxygens (including phenoxy) is 3. The lowest BCUT2D eigenvalue weighted by Gasteiger charge is -2.21. The van der Waals surface area contributed by atoms with Crippen LogP contribution in [-0.2, 0) is 4.74 Å². The molecule has 1 saturated heterocycles. The number of nitro benzene ring substituents is 1. The highest BCUT2D eigenvalue weighted by molar-refractivity contribution is 6.07. The van der Waals surface area contributed by atoms with Crippen LogP contribution in [0.1, 0.15) is 16.6 Å². The van der Waals surface area contributed by atoms with Crippen LogP contribution in [0.4, 0.5) is 20.3 Å². The second-order valence-corrected chi connectivity index (χ2v) is 6.77. The Kier molecular flexibility index (Phi) is 5.23. The third kappa shape index (κ3) is 3.51. The molecule has 4 rings (SSSR count). The first-order chi connectivity index (χ1) is 15.1. The summed E-state index contributed by atoms with van der Waals surface area (Å²) in [5, 5.41) is 32.1. The van der Waals surface area contributed by atoms with Gasteiger partial charge < -0.3 is 29.7 Å². The first kappa shape index (κ1) is 21.5. The highest BCUT2D eigenvalue weighted by Crippen LogP contribution is 2.42. The molecule has 32 heavy (non-hydrogen) atoms. The number of halogens is 2. The summed E-state index contributed by atoms with van der Waals surface area (Å²) < 4.78 is 43.9. The second kappa shape index (κ2) is 7.77. The van der Waals surface area contributed by atoms with Gasteiger partial charge in [0.05, 0.1) is 17.6 Å². The summed E-state index contributed by atoms with van der Waals surface area (Å²) in [6, 6.07) is 3.07. The van der Waals surface area contributed by atoms with Crippen LogP contribution >= 0.6 is 0 Å². The zero-order valence-corrected chi connectivity index (χ0v) is 15.8. The topological polar surface area (TPSA) is 175 Å². The largest absolute Gasteiger partial charge is 0.454 e. The summed E-state index contributed by atoms with van der Waals surface area (Å²) in [4.78, 5) is 38.8. The minimum atomic E-state index is -3.91. The van der Waals surface area contributed by atoms with E-state index >= 15 is 0 Å². The predicted molar refractivity (Wildman–Crippen MR) is 97.6 cm³/mol. The van der Waals surface area contributed by atoms with Crippen molar-refractivity contribution in [2.75, 3.05) is 18.7 Å².